The number of unbranched alkanes of at least 4 members (excludes halogenated alkanes) is 1. The third-order valence-corrected chi connectivity index (χ3v) is 3.33. The molecule has 2 nitrogen and oxygen atoms in total. The fourth-order valence-corrected chi connectivity index (χ4v) is 2.06. The third kappa shape index (κ3) is 4.49. The van der Waals surface area contributed by atoms with Crippen LogP contribution in [0.2, 0.25) is 0 Å². The molecule has 104 valence electrons. The van der Waals surface area contributed by atoms with Crippen molar-refractivity contribution >= 4 is 27.8 Å². The molecule has 0 spiro atoms. The molecule has 0 N–H and O–H groups in total. The highest BCUT2D eigenvalue weighted by Gasteiger charge is 2.02. The molecule has 0 unspecified atom stereocenters. The van der Waals surface area contributed by atoms with Gasteiger partial charge in [0.1, 0.15) is 5.75 Å². The van der Waals surface area contributed by atoms with E-state index in [1.54, 1.807) is 0 Å². The minimum atomic E-state index is 0.735. The van der Waals surface area contributed by atoms with Crippen LogP contribution in [0.25, 0.3) is 0 Å². The van der Waals surface area contributed by atoms with Gasteiger partial charge in [0, 0.05) is 16.3 Å². The van der Waals surface area contributed by atoms with E-state index < -0.39 is 0 Å². The first kappa shape index (κ1) is 14.8. The van der Waals surface area contributed by atoms with Crippen LogP contribution in [0.4, 0.5) is 5.69 Å². The lowest BCUT2D eigenvalue weighted by Crippen LogP contribution is -1.99. The van der Waals surface area contributed by atoms with E-state index in [0.717, 1.165) is 40.9 Å². The van der Waals surface area contributed by atoms with E-state index in [-0.39, 0.29) is 0 Å². The molecule has 20 heavy (non-hydrogen) atoms. The molecule has 0 aliphatic carbocycles. The second-order valence-corrected chi connectivity index (χ2v) is 5.39. The molecule has 0 fully saturated rings. The van der Waals surface area contributed by atoms with Gasteiger partial charge in [0.05, 0.1) is 12.3 Å². The first-order valence-electron chi connectivity index (χ1n) is 6.81. The maximum atomic E-state index is 5.83. The van der Waals surface area contributed by atoms with Gasteiger partial charge in [-0.2, -0.15) is 0 Å². The summed E-state index contributed by atoms with van der Waals surface area (Å²) in [5, 5.41) is 0. The van der Waals surface area contributed by atoms with Gasteiger partial charge >= 0.3 is 0 Å². The second kappa shape index (κ2) is 7.85. The summed E-state index contributed by atoms with van der Waals surface area (Å²) in [6.45, 7) is 2.89. The SMILES string of the molecule is CCCCOc1cc(Br)ccc1/C=N/c1ccccc1. The van der Waals surface area contributed by atoms with Crippen LogP contribution in [0.15, 0.2) is 58.0 Å². The van der Waals surface area contributed by atoms with Gasteiger partial charge in [-0.3, -0.25) is 4.99 Å². The van der Waals surface area contributed by atoms with Crippen molar-refractivity contribution in [2.75, 3.05) is 6.61 Å². The molecule has 2 aromatic rings. The average molecular weight is 332 g/mol. The van der Waals surface area contributed by atoms with Crippen LogP contribution in [0, 0.1) is 0 Å². The van der Waals surface area contributed by atoms with Crippen LogP contribution < -0.4 is 4.74 Å². The molecule has 3 heteroatoms. The topological polar surface area (TPSA) is 21.6 Å². The van der Waals surface area contributed by atoms with Crippen LogP contribution in [-0.2, 0) is 0 Å². The van der Waals surface area contributed by atoms with Gasteiger partial charge in [0.2, 0.25) is 0 Å². The van der Waals surface area contributed by atoms with E-state index >= 15 is 0 Å². The van der Waals surface area contributed by atoms with Crippen LogP contribution in [0.1, 0.15) is 25.3 Å². The Kier molecular flexibility index (Phi) is 5.81. The lowest BCUT2D eigenvalue weighted by molar-refractivity contribution is 0.309. The number of rotatable bonds is 6. The summed E-state index contributed by atoms with van der Waals surface area (Å²) in [6, 6.07) is 15.9. The largest absolute Gasteiger partial charge is 0.493 e. The fourth-order valence-electron chi connectivity index (χ4n) is 1.72. The Morgan fingerprint density at radius 2 is 1.95 bits per heavy atom. The van der Waals surface area contributed by atoms with Gasteiger partial charge in [-0.15, -0.1) is 0 Å². The molecule has 0 atom stereocenters. The van der Waals surface area contributed by atoms with Crippen molar-refractivity contribution in [1.82, 2.24) is 0 Å². The van der Waals surface area contributed by atoms with Crippen molar-refractivity contribution in [1.29, 1.82) is 0 Å². The number of benzene rings is 2. The lowest BCUT2D eigenvalue weighted by atomic mass is 10.2. The summed E-state index contributed by atoms with van der Waals surface area (Å²) >= 11 is 3.48. The molecule has 2 rings (SSSR count). The number of hydrogen-bond acceptors (Lipinski definition) is 2. The van der Waals surface area contributed by atoms with E-state index in [2.05, 4.69) is 27.8 Å². The number of nitrogens with zero attached hydrogens (tertiary/aromatic N) is 1. The molecule has 0 bridgehead atoms. The first-order chi connectivity index (χ1) is 9.79. The van der Waals surface area contributed by atoms with E-state index in [1.165, 1.54) is 0 Å². The highest BCUT2D eigenvalue weighted by molar-refractivity contribution is 9.10. The highest BCUT2D eigenvalue weighted by atomic mass is 79.9. The molecule has 0 aromatic heterocycles. The highest BCUT2D eigenvalue weighted by Crippen LogP contribution is 2.23. The second-order valence-electron chi connectivity index (χ2n) is 4.48. The Morgan fingerprint density at radius 3 is 2.70 bits per heavy atom. The predicted molar refractivity (Wildman–Crippen MR) is 88.2 cm³/mol. The van der Waals surface area contributed by atoms with Gasteiger partial charge in [-0.25, -0.2) is 0 Å². The number of aliphatic imine (C=N–C) groups is 1. The molecule has 0 aliphatic rings. The van der Waals surface area contributed by atoms with Crippen LogP contribution >= 0.6 is 15.9 Å². The average Bonchev–Trinajstić information content (AvgIpc) is 2.48. The molecule has 0 amide bonds. The van der Waals surface area contributed by atoms with E-state index in [1.807, 2.05) is 54.7 Å². The van der Waals surface area contributed by atoms with Gasteiger partial charge in [-0.1, -0.05) is 47.5 Å². The zero-order chi connectivity index (χ0) is 14.2. The molecule has 0 saturated carbocycles. The molecule has 0 saturated heterocycles. The fraction of sp³-hybridized carbons (Fsp3) is 0.235. The van der Waals surface area contributed by atoms with Gasteiger partial charge in [-0.05, 0) is 36.8 Å². The summed E-state index contributed by atoms with van der Waals surface area (Å²) in [6.07, 6.45) is 4.03. The van der Waals surface area contributed by atoms with Crippen LogP contribution in [0.3, 0.4) is 0 Å². The summed E-state index contributed by atoms with van der Waals surface area (Å²) < 4.78 is 6.84. The smallest absolute Gasteiger partial charge is 0.129 e. The number of para-hydroxylation sites is 1. The van der Waals surface area contributed by atoms with E-state index in [0.29, 0.717) is 0 Å². The van der Waals surface area contributed by atoms with Crippen molar-refractivity contribution in [2.45, 2.75) is 19.8 Å². The van der Waals surface area contributed by atoms with Crippen LogP contribution in [0.5, 0.6) is 5.75 Å². The standard InChI is InChI=1S/C17H18BrNO/c1-2-3-11-20-17-12-15(18)10-9-14(17)13-19-16-7-5-4-6-8-16/h4-10,12-13H,2-3,11H2,1H3/b19-13+. The predicted octanol–water partition coefficient (Wildman–Crippen LogP) is 5.38. The zero-order valence-electron chi connectivity index (χ0n) is 11.6. The molecular weight excluding hydrogens is 314 g/mol. The van der Waals surface area contributed by atoms with Crippen molar-refractivity contribution in [3.05, 3.63) is 58.6 Å². The Hall–Kier alpha value is -1.61. The van der Waals surface area contributed by atoms with Crippen molar-refractivity contribution in [2.24, 2.45) is 4.99 Å². The normalized spacial score (nSPS) is 10.9. The summed E-state index contributed by atoms with van der Waals surface area (Å²) in [7, 11) is 0. The van der Waals surface area contributed by atoms with E-state index in [4.69, 9.17) is 4.74 Å². The Balaban J connectivity index is 2.15. The Bertz CT molecular complexity index is 566. The molecule has 0 radical (unpaired) electrons. The minimum absolute atomic E-state index is 0.735. The maximum Gasteiger partial charge on any atom is 0.129 e. The first-order valence-corrected chi connectivity index (χ1v) is 7.60. The summed E-state index contributed by atoms with van der Waals surface area (Å²) in [5.74, 6) is 0.868. The molecule has 0 heterocycles. The third-order valence-electron chi connectivity index (χ3n) is 2.84. The minimum Gasteiger partial charge on any atom is -0.493 e. The summed E-state index contributed by atoms with van der Waals surface area (Å²) in [5.41, 5.74) is 1.93. The van der Waals surface area contributed by atoms with Gasteiger partial charge in [0.15, 0.2) is 0 Å². The van der Waals surface area contributed by atoms with Gasteiger partial charge in [0.25, 0.3) is 0 Å². The number of ether oxygens (including phenoxy) is 1. The summed E-state index contributed by atoms with van der Waals surface area (Å²) in [4.78, 5) is 4.47. The van der Waals surface area contributed by atoms with Crippen molar-refractivity contribution in [3.63, 3.8) is 0 Å². The van der Waals surface area contributed by atoms with Crippen LogP contribution in [-0.4, -0.2) is 12.8 Å². The van der Waals surface area contributed by atoms with Crippen molar-refractivity contribution in [3.8, 4) is 5.75 Å². The van der Waals surface area contributed by atoms with E-state index in [9.17, 15) is 0 Å². The Labute approximate surface area is 128 Å². The monoisotopic (exact) mass is 331 g/mol. The lowest BCUT2D eigenvalue weighted by Gasteiger charge is -2.09. The quantitative estimate of drug-likeness (QED) is 0.514. The maximum absolute atomic E-state index is 5.83. The Morgan fingerprint density at radius 1 is 1.15 bits per heavy atom. The molecule has 0 aliphatic heterocycles. The molecular formula is C17H18BrNO. The number of hydrogen-bond donors (Lipinski definition) is 0. The van der Waals surface area contributed by atoms with Crippen molar-refractivity contribution < 1.29 is 4.74 Å². The number of halogens is 1. The zero-order valence-corrected chi connectivity index (χ0v) is 13.1. The van der Waals surface area contributed by atoms with Gasteiger partial charge < -0.3 is 4.74 Å². The molecule has 2 aromatic carbocycles.